The zero-order chi connectivity index (χ0) is 16.6. The molecule has 0 aromatic carbocycles. The molecule has 0 radical (unpaired) electrons. The summed E-state index contributed by atoms with van der Waals surface area (Å²) in [6.07, 6.45) is 0. The average Bonchev–Trinajstić information content (AvgIpc) is 2.34. The van der Waals surface area contributed by atoms with E-state index in [0.29, 0.717) is 11.3 Å². The number of aliphatic carboxylic acids is 1. The van der Waals surface area contributed by atoms with Gasteiger partial charge < -0.3 is 10.0 Å². The van der Waals surface area contributed by atoms with Crippen LogP contribution in [0.1, 0.15) is 50.7 Å². The van der Waals surface area contributed by atoms with Gasteiger partial charge in [0.1, 0.15) is 10.7 Å². The molecule has 21 heavy (non-hydrogen) atoms. The first kappa shape index (κ1) is 17.4. The number of nitrogens with zero attached hydrogens (tertiary/aromatic N) is 2. The van der Waals surface area contributed by atoms with Crippen molar-refractivity contribution in [3.63, 3.8) is 0 Å². The SMILES string of the molecule is CN(C(=O)c1cc(Cl)nc(C(C)(C)C)c1)C(C)(C)C(=O)O. The fraction of sp³-hybridized carbons (Fsp3) is 0.533. The standard InChI is InChI=1S/C15H21ClN2O3/c1-14(2,3)10-7-9(8-11(16)17-10)12(19)18(6)15(4,5)13(20)21/h7-8H,1-6H3,(H,20,21). The summed E-state index contributed by atoms with van der Waals surface area (Å²) < 4.78 is 0. The number of likely N-dealkylation sites (N-methyl/N-ethyl adjacent to an activating group) is 1. The van der Waals surface area contributed by atoms with Crippen molar-refractivity contribution < 1.29 is 14.7 Å². The maximum Gasteiger partial charge on any atom is 0.329 e. The highest BCUT2D eigenvalue weighted by Gasteiger charge is 2.36. The third-order valence-corrected chi connectivity index (χ3v) is 3.67. The van der Waals surface area contributed by atoms with Gasteiger partial charge >= 0.3 is 5.97 Å². The summed E-state index contributed by atoms with van der Waals surface area (Å²) in [5.74, 6) is -1.48. The van der Waals surface area contributed by atoms with Crippen molar-refractivity contribution in [3.8, 4) is 0 Å². The van der Waals surface area contributed by atoms with Crippen molar-refractivity contribution in [3.05, 3.63) is 28.5 Å². The van der Waals surface area contributed by atoms with E-state index in [9.17, 15) is 14.7 Å². The van der Waals surface area contributed by atoms with Crippen molar-refractivity contribution in [1.82, 2.24) is 9.88 Å². The lowest BCUT2D eigenvalue weighted by Crippen LogP contribution is -2.50. The van der Waals surface area contributed by atoms with E-state index in [1.165, 1.54) is 31.9 Å². The second kappa shape index (κ2) is 5.64. The Bertz CT molecular complexity index is 577. The number of amides is 1. The van der Waals surface area contributed by atoms with E-state index in [2.05, 4.69) is 4.98 Å². The topological polar surface area (TPSA) is 70.5 Å². The lowest BCUT2D eigenvalue weighted by atomic mass is 9.90. The van der Waals surface area contributed by atoms with Gasteiger partial charge in [0.15, 0.2) is 0 Å². The molecule has 0 saturated carbocycles. The lowest BCUT2D eigenvalue weighted by molar-refractivity contribution is -0.147. The summed E-state index contributed by atoms with van der Waals surface area (Å²) in [4.78, 5) is 29.2. The molecule has 1 N–H and O–H groups in total. The molecule has 1 aromatic heterocycles. The number of rotatable bonds is 3. The van der Waals surface area contributed by atoms with Crippen molar-refractivity contribution in [2.45, 2.75) is 45.6 Å². The van der Waals surface area contributed by atoms with E-state index < -0.39 is 17.4 Å². The fourth-order valence-corrected chi connectivity index (χ4v) is 1.80. The minimum atomic E-state index is -1.31. The maximum absolute atomic E-state index is 12.5. The van der Waals surface area contributed by atoms with E-state index in [-0.39, 0.29) is 10.6 Å². The number of aromatic nitrogens is 1. The van der Waals surface area contributed by atoms with Crippen LogP contribution in [0.15, 0.2) is 12.1 Å². The fourth-order valence-electron chi connectivity index (χ4n) is 1.60. The second-order valence-electron chi connectivity index (χ2n) is 6.54. The molecule has 1 heterocycles. The van der Waals surface area contributed by atoms with Crippen LogP contribution in [0.2, 0.25) is 5.15 Å². The van der Waals surface area contributed by atoms with Crippen LogP contribution in [0, 0.1) is 0 Å². The Morgan fingerprint density at radius 2 is 1.71 bits per heavy atom. The van der Waals surface area contributed by atoms with Crippen LogP contribution in [0.5, 0.6) is 0 Å². The second-order valence-corrected chi connectivity index (χ2v) is 6.93. The van der Waals surface area contributed by atoms with Gasteiger partial charge in [-0.15, -0.1) is 0 Å². The van der Waals surface area contributed by atoms with Crippen LogP contribution < -0.4 is 0 Å². The smallest absolute Gasteiger partial charge is 0.329 e. The van der Waals surface area contributed by atoms with Crippen molar-refractivity contribution in [1.29, 1.82) is 0 Å². The molecular weight excluding hydrogens is 292 g/mol. The minimum absolute atomic E-state index is 0.215. The van der Waals surface area contributed by atoms with Crippen molar-refractivity contribution in [2.75, 3.05) is 7.05 Å². The Labute approximate surface area is 129 Å². The van der Waals surface area contributed by atoms with Gasteiger partial charge in [0.05, 0.1) is 0 Å². The molecule has 0 spiro atoms. The van der Waals surface area contributed by atoms with Crippen LogP contribution in [0.25, 0.3) is 0 Å². The van der Waals surface area contributed by atoms with E-state index in [1.54, 1.807) is 6.07 Å². The predicted molar refractivity (Wildman–Crippen MR) is 81.8 cm³/mol. The summed E-state index contributed by atoms with van der Waals surface area (Å²) in [6, 6.07) is 3.11. The molecule has 0 aliphatic heterocycles. The first-order valence-corrected chi connectivity index (χ1v) is 6.95. The number of carbonyl (C=O) groups is 2. The monoisotopic (exact) mass is 312 g/mol. The molecule has 1 aromatic rings. The van der Waals surface area contributed by atoms with Gasteiger partial charge in [0.2, 0.25) is 0 Å². The molecule has 0 fully saturated rings. The Hall–Kier alpha value is -1.62. The van der Waals surface area contributed by atoms with E-state index in [1.807, 2.05) is 20.8 Å². The highest BCUT2D eigenvalue weighted by atomic mass is 35.5. The number of carboxylic acid groups (broad SMARTS) is 1. The first-order chi connectivity index (χ1) is 9.37. The quantitative estimate of drug-likeness (QED) is 0.871. The van der Waals surface area contributed by atoms with Gasteiger partial charge in [-0.1, -0.05) is 32.4 Å². The predicted octanol–water partition coefficient (Wildman–Crippen LogP) is 2.97. The van der Waals surface area contributed by atoms with Crippen LogP contribution >= 0.6 is 11.6 Å². The summed E-state index contributed by atoms with van der Waals surface area (Å²) in [7, 11) is 1.46. The molecule has 1 amide bonds. The van der Waals surface area contributed by atoms with E-state index >= 15 is 0 Å². The summed E-state index contributed by atoms with van der Waals surface area (Å²) >= 11 is 5.98. The number of carboxylic acids is 1. The Morgan fingerprint density at radius 3 is 2.14 bits per heavy atom. The third kappa shape index (κ3) is 3.73. The summed E-state index contributed by atoms with van der Waals surface area (Å²) in [5.41, 5.74) is -0.563. The minimum Gasteiger partial charge on any atom is -0.480 e. The molecule has 0 aliphatic rings. The number of carbonyl (C=O) groups excluding carboxylic acids is 1. The molecular formula is C15H21ClN2O3. The van der Waals surface area contributed by atoms with Crippen molar-refractivity contribution >= 4 is 23.5 Å². The summed E-state index contributed by atoms with van der Waals surface area (Å²) in [5, 5.41) is 9.43. The highest BCUT2D eigenvalue weighted by Crippen LogP contribution is 2.25. The molecule has 0 saturated heterocycles. The molecule has 0 unspecified atom stereocenters. The Kier molecular flexibility index (Phi) is 4.68. The lowest BCUT2D eigenvalue weighted by Gasteiger charge is -2.32. The maximum atomic E-state index is 12.5. The highest BCUT2D eigenvalue weighted by molar-refractivity contribution is 6.29. The number of halogens is 1. The van der Waals surface area contributed by atoms with Gasteiger partial charge in [-0.2, -0.15) is 0 Å². The molecule has 0 aliphatic carbocycles. The van der Waals surface area contributed by atoms with Gasteiger partial charge in [0, 0.05) is 23.7 Å². The molecule has 0 bridgehead atoms. The first-order valence-electron chi connectivity index (χ1n) is 6.57. The molecule has 1 rings (SSSR count). The van der Waals surface area contributed by atoms with Crippen LogP contribution in [0.4, 0.5) is 0 Å². The Morgan fingerprint density at radius 1 is 1.19 bits per heavy atom. The molecule has 6 heteroatoms. The van der Waals surface area contributed by atoms with Gasteiger partial charge in [-0.3, -0.25) is 4.79 Å². The van der Waals surface area contributed by atoms with Gasteiger partial charge in [-0.05, 0) is 26.0 Å². The zero-order valence-corrected chi connectivity index (χ0v) is 13.9. The van der Waals surface area contributed by atoms with Gasteiger partial charge in [0.25, 0.3) is 5.91 Å². The van der Waals surface area contributed by atoms with Gasteiger partial charge in [-0.25, -0.2) is 9.78 Å². The largest absolute Gasteiger partial charge is 0.480 e. The summed E-state index contributed by atoms with van der Waals surface area (Å²) in [6.45, 7) is 8.84. The van der Waals surface area contributed by atoms with E-state index in [4.69, 9.17) is 11.6 Å². The van der Waals surface area contributed by atoms with Crippen LogP contribution in [-0.4, -0.2) is 39.5 Å². The number of hydrogen-bond donors (Lipinski definition) is 1. The Balaban J connectivity index is 3.26. The van der Waals surface area contributed by atoms with Crippen LogP contribution in [0.3, 0.4) is 0 Å². The normalized spacial score (nSPS) is 12.1. The molecule has 5 nitrogen and oxygen atoms in total. The number of pyridine rings is 1. The van der Waals surface area contributed by atoms with Crippen molar-refractivity contribution in [2.24, 2.45) is 0 Å². The van der Waals surface area contributed by atoms with Crippen LogP contribution in [-0.2, 0) is 10.2 Å². The van der Waals surface area contributed by atoms with E-state index in [0.717, 1.165) is 0 Å². The zero-order valence-electron chi connectivity index (χ0n) is 13.2. The molecule has 0 atom stereocenters. The molecule has 116 valence electrons. The number of hydrogen-bond acceptors (Lipinski definition) is 3. The third-order valence-electron chi connectivity index (χ3n) is 3.48. The average molecular weight is 313 g/mol.